The molecule has 0 radical (unpaired) electrons. The molecule has 10 heteroatoms. The van der Waals surface area contributed by atoms with Gasteiger partial charge in [0.1, 0.15) is 6.10 Å². The minimum Gasteiger partial charge on any atom is -0.453 e. The van der Waals surface area contributed by atoms with Gasteiger partial charge in [-0.15, -0.1) is 0 Å². The molecule has 0 fully saturated rings. The summed E-state index contributed by atoms with van der Waals surface area (Å²) in [5, 5.41) is 12.7. The smallest absolute Gasteiger partial charge is 0.338 e. The molecule has 1 amide bonds. The van der Waals surface area contributed by atoms with Crippen LogP contribution in [-0.2, 0) is 19.6 Å². The molecule has 4 aromatic carbocycles. The van der Waals surface area contributed by atoms with Gasteiger partial charge in [-0.3, -0.25) is 14.9 Å². The molecule has 1 atom stereocenters. The zero-order valence-corrected chi connectivity index (χ0v) is 21.4. The molecule has 194 valence electrons. The normalized spacial score (nSPS) is 12.1. The van der Waals surface area contributed by atoms with Gasteiger partial charge in [0.25, 0.3) is 15.7 Å². The Labute approximate surface area is 219 Å². The molecule has 0 heterocycles. The van der Waals surface area contributed by atoms with Crippen molar-refractivity contribution in [2.24, 2.45) is 0 Å². The van der Waals surface area contributed by atoms with E-state index in [9.17, 15) is 28.1 Å². The Kier molecular flexibility index (Phi) is 7.54. The van der Waals surface area contributed by atoms with E-state index in [1.165, 1.54) is 36.4 Å². The molecule has 1 unspecified atom stereocenters. The molecule has 4 rings (SSSR count). The number of nitro benzene ring substituents is 1. The number of rotatable bonds is 8. The van der Waals surface area contributed by atoms with Crippen molar-refractivity contribution in [1.82, 2.24) is 4.31 Å². The standard InChI is InChI=1S/C28H24N2O7S/c1-19-7-15-25(16-8-19)38(35,36)29(2)27(31)18-26(23-10-9-20-5-3-4-6-22(20)17-23)37-28(32)21-11-13-24(14-12-21)30(33)34/h3-17,26H,18H2,1-2H3. The Morgan fingerprint density at radius 1 is 0.921 bits per heavy atom. The Hall–Kier alpha value is -4.57. The predicted octanol–water partition coefficient (Wildman–Crippen LogP) is 5.19. The van der Waals surface area contributed by atoms with E-state index in [2.05, 4.69) is 0 Å². The zero-order chi connectivity index (χ0) is 27.4. The second-order valence-electron chi connectivity index (χ2n) is 8.69. The summed E-state index contributed by atoms with van der Waals surface area (Å²) in [6, 6.07) is 23.8. The van der Waals surface area contributed by atoms with Crippen molar-refractivity contribution in [2.45, 2.75) is 24.3 Å². The molecular weight excluding hydrogens is 508 g/mol. The van der Waals surface area contributed by atoms with Gasteiger partial charge in [0, 0.05) is 19.2 Å². The minimum atomic E-state index is -4.13. The number of carbonyl (C=O) groups is 2. The summed E-state index contributed by atoms with van der Waals surface area (Å²) in [5.41, 5.74) is 1.22. The highest BCUT2D eigenvalue weighted by atomic mass is 32.2. The number of hydrogen-bond acceptors (Lipinski definition) is 7. The molecule has 0 N–H and O–H groups in total. The molecule has 0 bridgehead atoms. The van der Waals surface area contributed by atoms with Crippen LogP contribution in [0.1, 0.15) is 34.0 Å². The molecule has 0 saturated heterocycles. The van der Waals surface area contributed by atoms with E-state index in [4.69, 9.17) is 4.74 Å². The van der Waals surface area contributed by atoms with Crippen molar-refractivity contribution in [3.8, 4) is 0 Å². The first kappa shape index (κ1) is 26.5. The number of hydrogen-bond donors (Lipinski definition) is 0. The van der Waals surface area contributed by atoms with Gasteiger partial charge in [0.15, 0.2) is 0 Å². The van der Waals surface area contributed by atoms with Crippen LogP contribution in [0.15, 0.2) is 95.9 Å². The van der Waals surface area contributed by atoms with Gasteiger partial charge < -0.3 is 4.74 Å². The quantitative estimate of drug-likeness (QED) is 0.174. The van der Waals surface area contributed by atoms with E-state index >= 15 is 0 Å². The van der Waals surface area contributed by atoms with E-state index < -0.39 is 39.3 Å². The highest BCUT2D eigenvalue weighted by Crippen LogP contribution is 2.28. The van der Waals surface area contributed by atoms with Gasteiger partial charge in [0.2, 0.25) is 5.91 Å². The average molecular weight is 533 g/mol. The summed E-state index contributed by atoms with van der Waals surface area (Å²) < 4.78 is 32.4. The first-order chi connectivity index (χ1) is 18.1. The highest BCUT2D eigenvalue weighted by Gasteiger charge is 2.30. The number of nitrogens with zero attached hydrogens (tertiary/aromatic N) is 2. The van der Waals surface area contributed by atoms with Crippen LogP contribution >= 0.6 is 0 Å². The van der Waals surface area contributed by atoms with Crippen LogP contribution in [0.4, 0.5) is 5.69 Å². The maximum Gasteiger partial charge on any atom is 0.338 e. The lowest BCUT2D eigenvalue weighted by Gasteiger charge is -2.23. The van der Waals surface area contributed by atoms with Crippen molar-refractivity contribution in [3.63, 3.8) is 0 Å². The number of non-ortho nitro benzene ring substituents is 1. The molecule has 38 heavy (non-hydrogen) atoms. The number of ether oxygens (including phenoxy) is 1. The van der Waals surface area contributed by atoms with Crippen LogP contribution in [0.5, 0.6) is 0 Å². The van der Waals surface area contributed by atoms with Crippen LogP contribution in [-0.4, -0.2) is 36.6 Å². The summed E-state index contributed by atoms with van der Waals surface area (Å²) in [6.45, 7) is 1.82. The Morgan fingerprint density at radius 2 is 1.55 bits per heavy atom. The third-order valence-corrected chi connectivity index (χ3v) is 7.89. The molecule has 0 aromatic heterocycles. The molecule has 0 aliphatic rings. The van der Waals surface area contributed by atoms with E-state index in [1.54, 1.807) is 24.3 Å². The molecule has 0 saturated carbocycles. The summed E-state index contributed by atoms with van der Waals surface area (Å²) in [4.78, 5) is 36.4. The van der Waals surface area contributed by atoms with E-state index in [0.717, 1.165) is 23.4 Å². The van der Waals surface area contributed by atoms with E-state index in [0.29, 0.717) is 9.87 Å². The first-order valence-corrected chi connectivity index (χ1v) is 13.0. The summed E-state index contributed by atoms with van der Waals surface area (Å²) in [7, 11) is -2.97. The molecule has 0 aliphatic carbocycles. The second kappa shape index (κ2) is 10.8. The van der Waals surface area contributed by atoms with E-state index in [-0.39, 0.29) is 16.1 Å². The number of nitro groups is 1. The monoisotopic (exact) mass is 532 g/mol. The number of amides is 1. The fraction of sp³-hybridized carbons (Fsp3) is 0.143. The molecular formula is C28H24N2O7S. The van der Waals surface area contributed by atoms with Gasteiger partial charge >= 0.3 is 5.97 Å². The minimum absolute atomic E-state index is 0.0379. The van der Waals surface area contributed by atoms with Crippen molar-refractivity contribution in [2.75, 3.05) is 7.05 Å². The third-order valence-electron chi connectivity index (χ3n) is 6.10. The summed E-state index contributed by atoms with van der Waals surface area (Å²) in [5.74, 6) is -1.59. The van der Waals surface area contributed by atoms with Crippen LogP contribution in [0.3, 0.4) is 0 Å². The number of fused-ring (bicyclic) bond motifs is 1. The van der Waals surface area contributed by atoms with Gasteiger partial charge in [-0.1, -0.05) is 54.1 Å². The number of aryl methyl sites for hydroxylation is 1. The SMILES string of the molecule is Cc1ccc(S(=O)(=O)N(C)C(=O)CC(OC(=O)c2ccc([N+](=O)[O-])cc2)c2ccc3ccccc3c2)cc1. The maximum absolute atomic E-state index is 13.2. The summed E-state index contributed by atoms with van der Waals surface area (Å²) in [6.07, 6.45) is -1.57. The van der Waals surface area contributed by atoms with Crippen LogP contribution in [0.2, 0.25) is 0 Å². The molecule has 0 aliphatic heterocycles. The fourth-order valence-corrected chi connectivity index (χ4v) is 4.98. The highest BCUT2D eigenvalue weighted by molar-refractivity contribution is 7.89. The molecule has 0 spiro atoms. The van der Waals surface area contributed by atoms with Gasteiger partial charge in [0.05, 0.1) is 21.8 Å². The van der Waals surface area contributed by atoms with E-state index in [1.807, 2.05) is 37.3 Å². The lowest BCUT2D eigenvalue weighted by atomic mass is 10.0. The lowest BCUT2D eigenvalue weighted by Crippen LogP contribution is -2.34. The predicted molar refractivity (Wildman–Crippen MR) is 141 cm³/mol. The van der Waals surface area contributed by atoms with Crippen LogP contribution < -0.4 is 0 Å². The van der Waals surface area contributed by atoms with Gasteiger partial charge in [-0.05, 0) is 53.6 Å². The van der Waals surface area contributed by atoms with Gasteiger partial charge in [-0.25, -0.2) is 17.5 Å². The first-order valence-electron chi connectivity index (χ1n) is 11.6. The fourth-order valence-electron chi connectivity index (χ4n) is 3.84. The van der Waals surface area contributed by atoms with Crippen LogP contribution in [0, 0.1) is 17.0 Å². The lowest BCUT2D eigenvalue weighted by molar-refractivity contribution is -0.384. The Balaban J connectivity index is 1.63. The second-order valence-corrected chi connectivity index (χ2v) is 10.7. The Morgan fingerprint density at radius 3 is 2.18 bits per heavy atom. The number of sulfonamides is 1. The van der Waals surface area contributed by atoms with Crippen molar-refractivity contribution in [1.29, 1.82) is 0 Å². The number of benzene rings is 4. The average Bonchev–Trinajstić information content (AvgIpc) is 2.92. The van der Waals surface area contributed by atoms with Crippen molar-refractivity contribution < 1.29 is 27.7 Å². The van der Waals surface area contributed by atoms with Crippen molar-refractivity contribution in [3.05, 3.63) is 118 Å². The number of esters is 1. The largest absolute Gasteiger partial charge is 0.453 e. The topological polar surface area (TPSA) is 124 Å². The third kappa shape index (κ3) is 5.70. The maximum atomic E-state index is 13.2. The Bertz CT molecular complexity index is 1620. The molecule has 9 nitrogen and oxygen atoms in total. The van der Waals surface area contributed by atoms with Crippen LogP contribution in [0.25, 0.3) is 10.8 Å². The molecule has 4 aromatic rings. The van der Waals surface area contributed by atoms with Crippen molar-refractivity contribution >= 4 is 38.4 Å². The van der Waals surface area contributed by atoms with Gasteiger partial charge in [-0.2, -0.15) is 0 Å². The summed E-state index contributed by atoms with van der Waals surface area (Å²) >= 11 is 0. The number of carbonyl (C=O) groups excluding carboxylic acids is 2. The zero-order valence-electron chi connectivity index (χ0n) is 20.6.